The first-order valence-corrected chi connectivity index (χ1v) is 10.1. The summed E-state index contributed by atoms with van der Waals surface area (Å²) >= 11 is 5.86. The number of aromatic nitrogens is 3. The second-order valence-electron chi connectivity index (χ2n) is 7.48. The summed E-state index contributed by atoms with van der Waals surface area (Å²) < 4.78 is 5.44. The highest BCUT2D eigenvalue weighted by molar-refractivity contribution is 6.30. The lowest BCUT2D eigenvalue weighted by Gasteiger charge is -2.30. The minimum Gasteiger partial charge on any atom is -0.482 e. The Labute approximate surface area is 176 Å². The normalized spacial score (nSPS) is 18.8. The maximum atomic E-state index is 12.1. The Morgan fingerprint density at radius 3 is 2.62 bits per heavy atom. The highest BCUT2D eigenvalue weighted by Crippen LogP contribution is 2.23. The van der Waals surface area contributed by atoms with Crippen LogP contribution >= 0.6 is 11.6 Å². The number of nitrogens with one attached hydrogen (secondary N) is 2. The Balaban J connectivity index is 1.42. The molecule has 1 aliphatic carbocycles. The molecule has 1 saturated carbocycles. The van der Waals surface area contributed by atoms with Crippen LogP contribution in [-0.4, -0.2) is 53.6 Å². The smallest absolute Gasteiger partial charge is 0.258 e. The predicted octanol–water partition coefficient (Wildman–Crippen LogP) is 2.82. The van der Waals surface area contributed by atoms with Crippen LogP contribution in [0, 0.1) is 6.92 Å². The van der Waals surface area contributed by atoms with Crippen LogP contribution in [0.3, 0.4) is 0 Å². The molecule has 0 bridgehead atoms. The zero-order valence-corrected chi connectivity index (χ0v) is 17.7. The van der Waals surface area contributed by atoms with E-state index in [1.54, 1.807) is 6.07 Å². The van der Waals surface area contributed by atoms with Crippen LogP contribution in [0.2, 0.25) is 5.02 Å². The van der Waals surface area contributed by atoms with E-state index in [9.17, 15) is 4.79 Å². The summed E-state index contributed by atoms with van der Waals surface area (Å²) in [7, 11) is 3.94. The third kappa shape index (κ3) is 6.19. The fourth-order valence-corrected chi connectivity index (χ4v) is 3.57. The third-order valence-electron chi connectivity index (χ3n) is 4.84. The van der Waals surface area contributed by atoms with E-state index in [0.29, 0.717) is 22.8 Å². The number of carbonyl (C=O) groups is 1. The molecule has 0 spiro atoms. The lowest BCUT2D eigenvalue weighted by atomic mass is 9.91. The number of nitrogens with zero attached hydrogens (tertiary/aromatic N) is 4. The molecule has 1 fully saturated rings. The van der Waals surface area contributed by atoms with Gasteiger partial charge < -0.3 is 20.3 Å². The summed E-state index contributed by atoms with van der Waals surface area (Å²) in [5.41, 5.74) is 1.04. The van der Waals surface area contributed by atoms with E-state index in [0.717, 1.165) is 37.1 Å². The van der Waals surface area contributed by atoms with Gasteiger partial charge >= 0.3 is 0 Å². The molecule has 3 rings (SSSR count). The second-order valence-corrected chi connectivity index (χ2v) is 7.92. The molecule has 8 nitrogen and oxygen atoms in total. The number of amides is 1. The van der Waals surface area contributed by atoms with Crippen molar-refractivity contribution < 1.29 is 9.53 Å². The molecule has 156 valence electrons. The van der Waals surface area contributed by atoms with Gasteiger partial charge in [-0.05, 0) is 32.6 Å². The molecule has 29 heavy (non-hydrogen) atoms. The maximum absolute atomic E-state index is 12.1. The number of ether oxygens (including phenoxy) is 1. The first-order chi connectivity index (χ1) is 13.9. The minimum absolute atomic E-state index is 0.0509. The Kier molecular flexibility index (Phi) is 7.09. The second kappa shape index (κ2) is 9.73. The summed E-state index contributed by atoms with van der Waals surface area (Å²) in [4.78, 5) is 27.0. The Morgan fingerprint density at radius 1 is 1.21 bits per heavy atom. The van der Waals surface area contributed by atoms with Gasteiger partial charge in [-0.2, -0.15) is 4.98 Å². The van der Waals surface area contributed by atoms with Gasteiger partial charge in [-0.15, -0.1) is 0 Å². The number of rotatable bonds is 7. The lowest BCUT2D eigenvalue weighted by molar-refractivity contribution is -0.124. The third-order valence-corrected chi connectivity index (χ3v) is 5.05. The van der Waals surface area contributed by atoms with Crippen LogP contribution in [0.4, 0.5) is 11.8 Å². The average molecular weight is 419 g/mol. The van der Waals surface area contributed by atoms with E-state index < -0.39 is 0 Å². The number of hydrogen-bond acceptors (Lipinski definition) is 7. The molecule has 0 aromatic carbocycles. The molecule has 2 aromatic heterocycles. The first kappa shape index (κ1) is 21.1. The van der Waals surface area contributed by atoms with Gasteiger partial charge in [0, 0.05) is 50.2 Å². The summed E-state index contributed by atoms with van der Waals surface area (Å²) in [6.45, 7) is 1.95. The van der Waals surface area contributed by atoms with Crippen LogP contribution in [0.15, 0.2) is 24.7 Å². The molecule has 2 heterocycles. The summed E-state index contributed by atoms with van der Waals surface area (Å²) in [5.74, 6) is 1.91. The van der Waals surface area contributed by atoms with Crippen molar-refractivity contribution in [2.75, 3.05) is 30.9 Å². The van der Waals surface area contributed by atoms with Gasteiger partial charge in [0.1, 0.15) is 11.6 Å². The van der Waals surface area contributed by atoms with Crippen molar-refractivity contribution in [3.63, 3.8) is 0 Å². The van der Waals surface area contributed by atoms with E-state index in [4.69, 9.17) is 16.3 Å². The molecule has 0 atom stereocenters. The number of hydrogen-bond donors (Lipinski definition) is 2. The molecule has 2 N–H and O–H groups in total. The van der Waals surface area contributed by atoms with Crippen molar-refractivity contribution in [2.24, 2.45) is 0 Å². The van der Waals surface area contributed by atoms with Crippen molar-refractivity contribution in [1.29, 1.82) is 0 Å². The standard InChI is InChI=1S/C20H27ClN6O2/c1-13-9-23-20(26-19(13)27(2)3)25-16-6-4-15(5-7-16)24-18(28)12-29-17-8-14(21)10-22-11-17/h8-11,15-16H,4-7,12H2,1-3H3,(H,24,28)(H,23,25,26). The van der Waals surface area contributed by atoms with E-state index in [-0.39, 0.29) is 18.6 Å². The summed E-state index contributed by atoms with van der Waals surface area (Å²) in [6, 6.07) is 2.08. The zero-order chi connectivity index (χ0) is 20.8. The van der Waals surface area contributed by atoms with Crippen LogP contribution in [0.1, 0.15) is 31.2 Å². The largest absolute Gasteiger partial charge is 0.482 e. The van der Waals surface area contributed by atoms with Crippen LogP contribution < -0.4 is 20.3 Å². The van der Waals surface area contributed by atoms with E-state index >= 15 is 0 Å². The van der Waals surface area contributed by atoms with Crippen molar-refractivity contribution in [3.8, 4) is 5.75 Å². The zero-order valence-electron chi connectivity index (χ0n) is 17.0. The van der Waals surface area contributed by atoms with E-state index in [1.165, 1.54) is 12.4 Å². The average Bonchev–Trinajstić information content (AvgIpc) is 2.69. The van der Waals surface area contributed by atoms with E-state index in [1.807, 2.05) is 32.1 Å². The van der Waals surface area contributed by atoms with Gasteiger partial charge in [-0.25, -0.2) is 4.98 Å². The van der Waals surface area contributed by atoms with Gasteiger partial charge in [0.15, 0.2) is 6.61 Å². The fourth-order valence-electron chi connectivity index (χ4n) is 3.41. The van der Waals surface area contributed by atoms with Crippen molar-refractivity contribution in [2.45, 2.75) is 44.7 Å². The summed E-state index contributed by atoms with van der Waals surface area (Å²) in [5, 5.41) is 6.94. The van der Waals surface area contributed by atoms with Gasteiger partial charge in [-0.3, -0.25) is 9.78 Å². The molecular weight excluding hydrogens is 392 g/mol. The van der Waals surface area contributed by atoms with Gasteiger partial charge in [0.2, 0.25) is 5.95 Å². The molecule has 1 amide bonds. The van der Waals surface area contributed by atoms with E-state index in [2.05, 4.69) is 25.6 Å². The highest BCUT2D eigenvalue weighted by atomic mass is 35.5. The van der Waals surface area contributed by atoms with Crippen molar-refractivity contribution in [3.05, 3.63) is 35.2 Å². The molecule has 0 unspecified atom stereocenters. The Bertz CT molecular complexity index is 839. The lowest BCUT2D eigenvalue weighted by Crippen LogP contribution is -2.42. The van der Waals surface area contributed by atoms with Crippen molar-refractivity contribution in [1.82, 2.24) is 20.3 Å². The first-order valence-electron chi connectivity index (χ1n) is 9.71. The van der Waals surface area contributed by atoms with Crippen LogP contribution in [0.5, 0.6) is 5.75 Å². The minimum atomic E-state index is -0.140. The quantitative estimate of drug-likeness (QED) is 0.714. The number of pyridine rings is 1. The topological polar surface area (TPSA) is 92.3 Å². The predicted molar refractivity (Wildman–Crippen MR) is 114 cm³/mol. The van der Waals surface area contributed by atoms with Crippen LogP contribution in [0.25, 0.3) is 0 Å². The molecule has 0 saturated heterocycles. The molecular formula is C20H27ClN6O2. The fraction of sp³-hybridized carbons (Fsp3) is 0.500. The Hall–Kier alpha value is -2.61. The molecule has 0 radical (unpaired) electrons. The molecule has 1 aliphatic rings. The van der Waals surface area contributed by atoms with Crippen LogP contribution in [-0.2, 0) is 4.79 Å². The van der Waals surface area contributed by atoms with Gasteiger partial charge in [0.25, 0.3) is 5.91 Å². The van der Waals surface area contributed by atoms with Crippen molar-refractivity contribution >= 4 is 29.3 Å². The maximum Gasteiger partial charge on any atom is 0.258 e. The summed E-state index contributed by atoms with van der Waals surface area (Å²) in [6.07, 6.45) is 8.57. The molecule has 2 aromatic rings. The number of carbonyl (C=O) groups excluding carboxylic acids is 1. The number of aryl methyl sites for hydroxylation is 1. The van der Waals surface area contributed by atoms with Gasteiger partial charge in [0.05, 0.1) is 11.2 Å². The highest BCUT2D eigenvalue weighted by Gasteiger charge is 2.23. The SMILES string of the molecule is Cc1cnc(NC2CCC(NC(=O)COc3cncc(Cl)c3)CC2)nc1N(C)C. The number of anilines is 2. The molecule has 0 aliphatic heterocycles. The van der Waals surface area contributed by atoms with Gasteiger partial charge in [-0.1, -0.05) is 11.6 Å². The Morgan fingerprint density at radius 2 is 1.93 bits per heavy atom. The molecule has 9 heteroatoms. The monoisotopic (exact) mass is 418 g/mol. The number of halogens is 1.